The van der Waals surface area contributed by atoms with Crippen LogP contribution in [-0.2, 0) is 0 Å². The van der Waals surface area contributed by atoms with Gasteiger partial charge >= 0.3 is 0 Å². The van der Waals surface area contributed by atoms with Crippen LogP contribution in [0.1, 0.15) is 31.9 Å². The van der Waals surface area contributed by atoms with Gasteiger partial charge in [-0.2, -0.15) is 0 Å². The maximum Gasteiger partial charge on any atom is 0.124 e. The molecule has 1 aromatic rings. The van der Waals surface area contributed by atoms with Crippen LogP contribution in [0.4, 0.5) is 0 Å². The highest BCUT2D eigenvalue weighted by Crippen LogP contribution is 2.35. The summed E-state index contributed by atoms with van der Waals surface area (Å²) in [4.78, 5) is 0. The van der Waals surface area contributed by atoms with Crippen molar-refractivity contribution in [2.45, 2.75) is 26.3 Å². The second kappa shape index (κ2) is 5.80. The van der Waals surface area contributed by atoms with Gasteiger partial charge in [0.15, 0.2) is 0 Å². The Hall–Kier alpha value is -1.26. The zero-order valence-corrected chi connectivity index (χ0v) is 11.9. The molecule has 19 heavy (non-hydrogen) atoms. The number of aliphatic hydroxyl groups is 1. The summed E-state index contributed by atoms with van der Waals surface area (Å²) in [6.45, 7) is 5.76. The van der Waals surface area contributed by atoms with Gasteiger partial charge in [0, 0.05) is 36.6 Å². The maximum atomic E-state index is 9.32. The molecular formula is C15H23NO3. The molecule has 2 N–H and O–H groups in total. The zero-order chi connectivity index (χ0) is 13.9. The number of rotatable bonds is 5. The van der Waals surface area contributed by atoms with Gasteiger partial charge in [-0.05, 0) is 18.2 Å². The summed E-state index contributed by atoms with van der Waals surface area (Å²) in [5, 5.41) is 12.8. The molecule has 1 unspecified atom stereocenters. The summed E-state index contributed by atoms with van der Waals surface area (Å²) in [5.74, 6) is 1.77. The second-order valence-corrected chi connectivity index (χ2v) is 5.80. The molecule has 0 saturated carbocycles. The van der Waals surface area contributed by atoms with Crippen molar-refractivity contribution in [2.24, 2.45) is 5.41 Å². The minimum absolute atomic E-state index is 0.114. The third-order valence-electron chi connectivity index (χ3n) is 3.51. The highest BCUT2D eigenvalue weighted by atomic mass is 16.5. The molecule has 0 bridgehead atoms. The molecule has 0 aliphatic carbocycles. The Kier molecular flexibility index (Phi) is 4.32. The molecule has 1 aliphatic rings. The Morgan fingerprint density at radius 2 is 2.26 bits per heavy atom. The van der Waals surface area contributed by atoms with Crippen LogP contribution in [0.15, 0.2) is 18.2 Å². The number of hydrogen-bond acceptors (Lipinski definition) is 4. The first kappa shape index (κ1) is 14.2. The van der Waals surface area contributed by atoms with E-state index in [2.05, 4.69) is 5.32 Å². The van der Waals surface area contributed by atoms with Crippen LogP contribution >= 0.6 is 0 Å². The molecule has 0 amide bonds. The largest absolute Gasteiger partial charge is 0.497 e. The quantitative estimate of drug-likeness (QED) is 0.856. The first-order chi connectivity index (χ1) is 9.05. The van der Waals surface area contributed by atoms with Crippen LogP contribution in [0.25, 0.3) is 0 Å². The average Bonchev–Trinajstić information content (AvgIpc) is 2.44. The summed E-state index contributed by atoms with van der Waals surface area (Å²) in [5.41, 5.74) is 1.02. The molecule has 2 rings (SSSR count). The average molecular weight is 265 g/mol. The minimum Gasteiger partial charge on any atom is -0.497 e. The van der Waals surface area contributed by atoms with Gasteiger partial charge in [-0.3, -0.25) is 0 Å². The third kappa shape index (κ3) is 3.39. The molecule has 4 nitrogen and oxygen atoms in total. The molecule has 0 radical (unpaired) electrons. The smallest absolute Gasteiger partial charge is 0.124 e. The van der Waals surface area contributed by atoms with E-state index in [0.29, 0.717) is 0 Å². The van der Waals surface area contributed by atoms with Crippen LogP contribution < -0.4 is 14.8 Å². The Bertz CT molecular complexity index is 431. The van der Waals surface area contributed by atoms with Gasteiger partial charge in [0.1, 0.15) is 11.5 Å². The fourth-order valence-corrected chi connectivity index (χ4v) is 2.17. The van der Waals surface area contributed by atoms with E-state index in [1.807, 2.05) is 32.0 Å². The molecule has 0 fully saturated rings. The number of benzene rings is 1. The van der Waals surface area contributed by atoms with Crippen molar-refractivity contribution >= 4 is 0 Å². The van der Waals surface area contributed by atoms with Crippen molar-refractivity contribution < 1.29 is 14.6 Å². The van der Waals surface area contributed by atoms with Crippen molar-refractivity contribution in [1.82, 2.24) is 5.32 Å². The number of methoxy groups -OCH3 is 1. The Morgan fingerprint density at radius 3 is 2.95 bits per heavy atom. The first-order valence-electron chi connectivity index (χ1n) is 6.71. The molecule has 106 valence electrons. The van der Waals surface area contributed by atoms with Gasteiger partial charge in [0.25, 0.3) is 0 Å². The van der Waals surface area contributed by atoms with E-state index in [0.717, 1.165) is 36.6 Å². The molecular weight excluding hydrogens is 242 g/mol. The number of fused-ring (bicyclic) bond motifs is 1. The highest BCUT2D eigenvalue weighted by Gasteiger charge is 2.24. The predicted octanol–water partition coefficient (Wildman–Crippen LogP) is 2.13. The van der Waals surface area contributed by atoms with Crippen molar-refractivity contribution in [3.8, 4) is 11.5 Å². The van der Waals surface area contributed by atoms with Gasteiger partial charge in [-0.1, -0.05) is 13.8 Å². The van der Waals surface area contributed by atoms with E-state index in [4.69, 9.17) is 9.47 Å². The van der Waals surface area contributed by atoms with Crippen molar-refractivity contribution in [3.63, 3.8) is 0 Å². The fraction of sp³-hybridized carbons (Fsp3) is 0.600. The molecule has 0 saturated heterocycles. The Balaban J connectivity index is 2.12. The third-order valence-corrected chi connectivity index (χ3v) is 3.51. The lowest BCUT2D eigenvalue weighted by Gasteiger charge is -2.30. The van der Waals surface area contributed by atoms with Crippen molar-refractivity contribution in [2.75, 3.05) is 26.9 Å². The predicted molar refractivity (Wildman–Crippen MR) is 74.7 cm³/mol. The summed E-state index contributed by atoms with van der Waals surface area (Å²) in [7, 11) is 1.67. The molecule has 0 aromatic heterocycles. The van der Waals surface area contributed by atoms with E-state index < -0.39 is 0 Å². The van der Waals surface area contributed by atoms with Crippen molar-refractivity contribution in [3.05, 3.63) is 23.8 Å². The first-order valence-corrected chi connectivity index (χ1v) is 6.71. The van der Waals surface area contributed by atoms with E-state index >= 15 is 0 Å². The van der Waals surface area contributed by atoms with Crippen LogP contribution in [0.3, 0.4) is 0 Å². The van der Waals surface area contributed by atoms with Crippen LogP contribution in [0.2, 0.25) is 0 Å². The normalized spacial score (nSPS) is 18.6. The van der Waals surface area contributed by atoms with Crippen molar-refractivity contribution in [1.29, 1.82) is 0 Å². The fourth-order valence-electron chi connectivity index (χ4n) is 2.17. The minimum atomic E-state index is -0.114. The van der Waals surface area contributed by atoms with Crippen LogP contribution in [0, 0.1) is 5.41 Å². The molecule has 1 heterocycles. The lowest BCUT2D eigenvalue weighted by molar-refractivity contribution is 0.148. The number of hydrogen-bond donors (Lipinski definition) is 2. The highest BCUT2D eigenvalue weighted by molar-refractivity contribution is 5.43. The molecule has 1 aromatic carbocycles. The Morgan fingerprint density at radius 1 is 1.47 bits per heavy atom. The summed E-state index contributed by atoms with van der Waals surface area (Å²) < 4.78 is 10.9. The monoisotopic (exact) mass is 265 g/mol. The maximum absolute atomic E-state index is 9.32. The van der Waals surface area contributed by atoms with E-state index in [9.17, 15) is 5.11 Å². The summed E-state index contributed by atoms with van der Waals surface area (Å²) in [6, 6.07) is 6.15. The molecule has 1 atom stereocenters. The lowest BCUT2D eigenvalue weighted by atomic mass is 9.93. The summed E-state index contributed by atoms with van der Waals surface area (Å²) in [6.07, 6.45) is 0.932. The van der Waals surface area contributed by atoms with Crippen LogP contribution in [0.5, 0.6) is 11.5 Å². The molecule has 1 aliphatic heterocycles. The van der Waals surface area contributed by atoms with Gasteiger partial charge < -0.3 is 19.9 Å². The Labute approximate surface area is 114 Å². The lowest BCUT2D eigenvalue weighted by Crippen LogP contribution is -2.36. The van der Waals surface area contributed by atoms with E-state index in [1.54, 1.807) is 7.11 Å². The summed E-state index contributed by atoms with van der Waals surface area (Å²) >= 11 is 0. The van der Waals surface area contributed by atoms with Crippen LogP contribution in [-0.4, -0.2) is 32.0 Å². The second-order valence-electron chi connectivity index (χ2n) is 5.80. The number of nitrogens with one attached hydrogen (secondary N) is 1. The molecule has 0 spiro atoms. The van der Waals surface area contributed by atoms with Gasteiger partial charge in [-0.25, -0.2) is 0 Å². The standard InChI is InChI=1S/C15H23NO3/c1-15(2,10-17)9-16-13-6-7-19-14-5-4-11(18-3)8-12(13)14/h4-5,8,13,16-17H,6-7,9-10H2,1-3H3. The zero-order valence-electron chi connectivity index (χ0n) is 11.9. The van der Waals surface area contributed by atoms with E-state index in [1.165, 1.54) is 0 Å². The van der Waals surface area contributed by atoms with Gasteiger partial charge in [-0.15, -0.1) is 0 Å². The molecule has 4 heteroatoms. The number of aliphatic hydroxyl groups excluding tert-OH is 1. The SMILES string of the molecule is COc1ccc2c(c1)C(NCC(C)(C)CO)CCO2. The van der Waals surface area contributed by atoms with Gasteiger partial charge in [0.05, 0.1) is 13.7 Å². The van der Waals surface area contributed by atoms with E-state index in [-0.39, 0.29) is 18.1 Å². The topological polar surface area (TPSA) is 50.7 Å². The van der Waals surface area contributed by atoms with Gasteiger partial charge in [0.2, 0.25) is 0 Å². The number of ether oxygens (including phenoxy) is 2.